The highest BCUT2D eigenvalue weighted by Crippen LogP contribution is 2.22. The van der Waals surface area contributed by atoms with E-state index in [-0.39, 0.29) is 29.1 Å². The van der Waals surface area contributed by atoms with Gasteiger partial charge in [-0.05, 0) is 51.2 Å². The van der Waals surface area contributed by atoms with Crippen LogP contribution in [-0.2, 0) is 24.4 Å². The van der Waals surface area contributed by atoms with Crippen LogP contribution in [0.5, 0.6) is 0 Å². The van der Waals surface area contributed by atoms with Crippen molar-refractivity contribution in [3.05, 3.63) is 28.8 Å². The predicted molar refractivity (Wildman–Crippen MR) is 127 cm³/mol. The zero-order chi connectivity index (χ0) is 25.5. The van der Waals surface area contributed by atoms with Gasteiger partial charge in [-0.2, -0.15) is 4.72 Å². The molecule has 12 nitrogen and oxygen atoms in total. The number of amides is 1. The predicted octanol–water partition coefficient (Wildman–Crippen LogP) is 0.0482. The van der Waals surface area contributed by atoms with Crippen LogP contribution < -0.4 is 21.5 Å². The lowest BCUT2D eigenvalue weighted by Crippen LogP contribution is -2.49. The van der Waals surface area contributed by atoms with E-state index < -0.39 is 34.5 Å². The Balaban J connectivity index is 1.91. The number of hydrogen-bond acceptors (Lipinski definition) is 7. The van der Waals surface area contributed by atoms with E-state index in [1.807, 2.05) is 6.92 Å². The number of carbonyl (C=O) groups excluding carboxylic acids is 1. The first-order chi connectivity index (χ1) is 15.9. The summed E-state index contributed by atoms with van der Waals surface area (Å²) < 4.78 is 27.9. The van der Waals surface area contributed by atoms with Crippen molar-refractivity contribution in [1.82, 2.24) is 10.0 Å². The van der Waals surface area contributed by atoms with Gasteiger partial charge in [-0.1, -0.05) is 22.9 Å². The van der Waals surface area contributed by atoms with Gasteiger partial charge in [0.05, 0.1) is 4.90 Å². The van der Waals surface area contributed by atoms with Crippen LogP contribution in [0.15, 0.2) is 27.2 Å². The van der Waals surface area contributed by atoms with Gasteiger partial charge in [-0.25, -0.2) is 8.42 Å². The molecule has 1 unspecified atom stereocenters. The molecule has 0 spiro atoms. The van der Waals surface area contributed by atoms with Crippen molar-refractivity contribution < 1.29 is 28.0 Å². The van der Waals surface area contributed by atoms with Crippen LogP contribution in [0.2, 0.25) is 0 Å². The largest absolute Gasteiger partial charge is 0.480 e. The Kier molecular flexibility index (Phi) is 9.38. The molecule has 0 aliphatic carbocycles. The van der Waals surface area contributed by atoms with Crippen molar-refractivity contribution in [2.75, 3.05) is 13.1 Å². The van der Waals surface area contributed by atoms with Crippen LogP contribution in [0.25, 0.3) is 0 Å². The average Bonchev–Trinajstić information content (AvgIpc) is 3.18. The van der Waals surface area contributed by atoms with Crippen LogP contribution in [0.1, 0.15) is 42.4 Å². The van der Waals surface area contributed by atoms with Crippen LogP contribution in [0.4, 0.5) is 0 Å². The first-order valence-electron chi connectivity index (χ1n) is 10.8. The maximum Gasteiger partial charge on any atom is 0.323 e. The normalized spacial score (nSPS) is 16.3. The third kappa shape index (κ3) is 7.70. The molecule has 13 heteroatoms. The van der Waals surface area contributed by atoms with E-state index in [4.69, 9.17) is 16.3 Å². The molecule has 0 bridgehead atoms. The number of hydrogen-bond donors (Lipinski definition) is 5. The van der Waals surface area contributed by atoms with E-state index in [9.17, 15) is 23.1 Å². The van der Waals surface area contributed by atoms with Crippen molar-refractivity contribution in [2.45, 2.75) is 63.5 Å². The van der Waals surface area contributed by atoms with Gasteiger partial charge in [0.2, 0.25) is 10.0 Å². The molecule has 0 saturated carbocycles. The number of aryl methyl sites for hydroxylation is 3. The molecule has 34 heavy (non-hydrogen) atoms. The SMILES string of the molecule is Cc1cc(C)c(S(=O)(=O)N[C@@H](CNC(=O)C2=NOC(CCCCN=C(N)N)C2)C(=O)O)c(C)c1. The van der Waals surface area contributed by atoms with Gasteiger partial charge in [0.25, 0.3) is 5.91 Å². The van der Waals surface area contributed by atoms with E-state index >= 15 is 0 Å². The molecule has 1 aliphatic rings. The summed E-state index contributed by atoms with van der Waals surface area (Å²) in [7, 11) is -4.14. The number of carbonyl (C=O) groups is 2. The number of unbranched alkanes of at least 4 members (excludes halogenated alkanes) is 1. The van der Waals surface area contributed by atoms with Crippen molar-refractivity contribution in [2.24, 2.45) is 21.6 Å². The number of oxime groups is 1. The van der Waals surface area contributed by atoms with Gasteiger partial charge in [0, 0.05) is 19.5 Å². The highest BCUT2D eigenvalue weighted by Gasteiger charge is 2.30. The molecule has 1 aromatic rings. The average molecular weight is 497 g/mol. The summed E-state index contributed by atoms with van der Waals surface area (Å²) in [5, 5.41) is 15.7. The fourth-order valence-electron chi connectivity index (χ4n) is 3.72. The maximum atomic E-state index is 12.9. The van der Waals surface area contributed by atoms with Crippen molar-refractivity contribution in [1.29, 1.82) is 0 Å². The molecule has 0 radical (unpaired) electrons. The highest BCUT2D eigenvalue weighted by molar-refractivity contribution is 7.89. The lowest BCUT2D eigenvalue weighted by atomic mass is 10.1. The molecule has 1 aliphatic heterocycles. The van der Waals surface area contributed by atoms with Crippen molar-refractivity contribution in [3.8, 4) is 0 Å². The number of rotatable bonds is 12. The Bertz CT molecular complexity index is 1060. The van der Waals surface area contributed by atoms with Crippen LogP contribution >= 0.6 is 0 Å². The summed E-state index contributed by atoms with van der Waals surface area (Å²) in [5.74, 6) is -2.00. The highest BCUT2D eigenvalue weighted by atomic mass is 32.2. The third-order valence-electron chi connectivity index (χ3n) is 5.16. The molecule has 188 valence electrons. The summed E-state index contributed by atoms with van der Waals surface area (Å²) in [5.41, 5.74) is 12.5. The van der Waals surface area contributed by atoms with E-state index in [0.29, 0.717) is 24.1 Å². The number of nitrogens with one attached hydrogen (secondary N) is 2. The summed E-state index contributed by atoms with van der Waals surface area (Å²) in [6, 6.07) is 1.84. The van der Waals surface area contributed by atoms with Gasteiger partial charge < -0.3 is 26.7 Å². The molecule has 0 fully saturated rings. The fourth-order valence-corrected chi connectivity index (χ4v) is 5.36. The minimum atomic E-state index is -4.14. The van der Waals surface area contributed by atoms with E-state index in [1.165, 1.54) is 0 Å². The standard InChI is InChI=1S/C21H32N6O6S/c1-12-8-13(2)18(14(3)9-12)34(31,32)27-17(20(29)30)11-25-19(28)16-10-15(33-26-16)6-4-5-7-24-21(22)23/h8-9,15,17,27H,4-7,10-11H2,1-3H3,(H,25,28)(H,29,30)(H4,22,23,24)/t15?,17-/m0/s1. The molecule has 1 amide bonds. The molecule has 0 aromatic heterocycles. The third-order valence-corrected chi connectivity index (χ3v) is 6.94. The second kappa shape index (κ2) is 11.8. The van der Waals surface area contributed by atoms with E-state index in [1.54, 1.807) is 26.0 Å². The number of nitrogens with zero attached hydrogens (tertiary/aromatic N) is 2. The molecular formula is C21H32N6O6S. The lowest BCUT2D eigenvalue weighted by molar-refractivity contribution is -0.138. The summed E-state index contributed by atoms with van der Waals surface area (Å²) in [6.45, 7) is 5.16. The fraction of sp³-hybridized carbons (Fsp3) is 0.524. The number of nitrogens with two attached hydrogens (primary N) is 2. The smallest absolute Gasteiger partial charge is 0.323 e. The Hall–Kier alpha value is -3.19. The summed E-state index contributed by atoms with van der Waals surface area (Å²) in [4.78, 5) is 33.3. The number of guanidine groups is 1. The molecule has 0 saturated heterocycles. The molecular weight excluding hydrogens is 464 g/mol. The van der Waals surface area contributed by atoms with Crippen molar-refractivity contribution >= 4 is 33.6 Å². The van der Waals surface area contributed by atoms with Crippen LogP contribution in [0.3, 0.4) is 0 Å². The van der Waals surface area contributed by atoms with Gasteiger partial charge in [-0.15, -0.1) is 0 Å². The van der Waals surface area contributed by atoms with Gasteiger partial charge in [0.15, 0.2) is 5.96 Å². The molecule has 7 N–H and O–H groups in total. The molecule has 2 atom stereocenters. The van der Waals surface area contributed by atoms with Gasteiger partial charge in [-0.3, -0.25) is 14.6 Å². The number of carboxylic acids is 1. The summed E-state index contributed by atoms with van der Waals surface area (Å²) in [6.07, 6.45) is 2.15. The quantitative estimate of drug-likeness (QED) is 0.152. The minimum absolute atomic E-state index is 0.0203. The first-order valence-corrected chi connectivity index (χ1v) is 12.3. The Morgan fingerprint density at radius 3 is 2.47 bits per heavy atom. The second-order valence-electron chi connectivity index (χ2n) is 8.22. The van der Waals surface area contributed by atoms with Crippen molar-refractivity contribution in [3.63, 3.8) is 0 Å². The lowest BCUT2D eigenvalue weighted by Gasteiger charge is -2.18. The topological polar surface area (TPSA) is 199 Å². The minimum Gasteiger partial charge on any atom is -0.480 e. The second-order valence-corrected chi connectivity index (χ2v) is 9.87. The Morgan fingerprint density at radius 1 is 1.24 bits per heavy atom. The number of aliphatic carboxylic acids is 1. The Morgan fingerprint density at radius 2 is 1.88 bits per heavy atom. The first kappa shape index (κ1) is 27.1. The summed E-state index contributed by atoms with van der Waals surface area (Å²) >= 11 is 0. The van der Waals surface area contributed by atoms with E-state index in [0.717, 1.165) is 18.4 Å². The Labute approximate surface area is 198 Å². The van der Waals surface area contributed by atoms with E-state index in [2.05, 4.69) is 20.2 Å². The van der Waals surface area contributed by atoms with Gasteiger partial charge in [0.1, 0.15) is 17.9 Å². The number of benzene rings is 1. The monoisotopic (exact) mass is 496 g/mol. The van der Waals surface area contributed by atoms with Gasteiger partial charge >= 0.3 is 5.97 Å². The van der Waals surface area contributed by atoms with Crippen LogP contribution in [-0.4, -0.2) is 62.3 Å². The number of carboxylic acid groups (broad SMARTS) is 1. The number of sulfonamides is 1. The molecule has 2 rings (SSSR count). The number of aliphatic imine (C=N–C) groups is 1. The van der Waals surface area contributed by atoms with Crippen LogP contribution in [0, 0.1) is 20.8 Å². The molecule has 1 aromatic carbocycles. The maximum absolute atomic E-state index is 12.9. The molecule has 1 heterocycles. The zero-order valence-electron chi connectivity index (χ0n) is 19.5. The zero-order valence-corrected chi connectivity index (χ0v) is 20.3.